The minimum Gasteiger partial charge on any atom is -0.384 e. The van der Waals surface area contributed by atoms with E-state index in [9.17, 15) is 10.1 Å². The molecule has 94 valence electrons. The number of nitrogens with zero attached hydrogens (tertiary/aromatic N) is 3. The van der Waals surface area contributed by atoms with E-state index in [1.807, 2.05) is 6.92 Å². The molecule has 2 rings (SSSR count). The molecule has 0 radical (unpaired) electrons. The van der Waals surface area contributed by atoms with Crippen LogP contribution in [0.3, 0.4) is 0 Å². The molecule has 2 aromatic rings. The van der Waals surface area contributed by atoms with Gasteiger partial charge in [-0.05, 0) is 13.0 Å². The molecular weight excluding hydrogens is 254 g/mol. The molecule has 2 heterocycles. The van der Waals surface area contributed by atoms with Crippen LogP contribution in [-0.4, -0.2) is 14.9 Å². The van der Waals surface area contributed by atoms with E-state index >= 15 is 0 Å². The average Bonchev–Trinajstić information content (AvgIpc) is 2.72. The molecule has 0 aliphatic carbocycles. The fraction of sp³-hybridized carbons (Fsp3) is 0.200. The Hall–Kier alpha value is -2.22. The van der Waals surface area contributed by atoms with Crippen LogP contribution in [0.5, 0.6) is 0 Å². The molecule has 2 aromatic heterocycles. The van der Waals surface area contributed by atoms with Crippen molar-refractivity contribution >= 4 is 28.7 Å². The van der Waals surface area contributed by atoms with Gasteiger partial charge in [0.1, 0.15) is 5.82 Å². The number of rotatable bonds is 4. The molecule has 0 aliphatic heterocycles. The smallest absolute Gasteiger partial charge is 0.311 e. The molecule has 18 heavy (non-hydrogen) atoms. The van der Waals surface area contributed by atoms with Crippen LogP contribution in [-0.2, 0) is 6.54 Å². The maximum Gasteiger partial charge on any atom is 0.311 e. The molecule has 3 N–H and O–H groups in total. The van der Waals surface area contributed by atoms with Gasteiger partial charge < -0.3 is 11.1 Å². The molecule has 7 nitrogen and oxygen atoms in total. The maximum atomic E-state index is 10.8. The minimum absolute atomic E-state index is 0.0922. The van der Waals surface area contributed by atoms with Crippen molar-refractivity contribution in [1.29, 1.82) is 0 Å². The van der Waals surface area contributed by atoms with Crippen molar-refractivity contribution in [3.63, 3.8) is 0 Å². The lowest BCUT2D eigenvalue weighted by Gasteiger charge is -2.05. The highest BCUT2D eigenvalue weighted by molar-refractivity contribution is 7.11. The number of nitrogens with two attached hydrogens (primary N) is 1. The van der Waals surface area contributed by atoms with Crippen molar-refractivity contribution < 1.29 is 4.92 Å². The number of anilines is 2. The van der Waals surface area contributed by atoms with Gasteiger partial charge in [0.05, 0.1) is 16.5 Å². The predicted molar refractivity (Wildman–Crippen MR) is 69.5 cm³/mol. The normalized spacial score (nSPS) is 10.3. The fourth-order valence-electron chi connectivity index (χ4n) is 1.40. The van der Waals surface area contributed by atoms with E-state index in [-0.39, 0.29) is 17.3 Å². The van der Waals surface area contributed by atoms with Gasteiger partial charge in [-0.2, -0.15) is 0 Å². The van der Waals surface area contributed by atoms with E-state index < -0.39 is 4.92 Å². The van der Waals surface area contributed by atoms with Gasteiger partial charge in [0, 0.05) is 17.1 Å². The first-order chi connectivity index (χ1) is 8.56. The summed E-state index contributed by atoms with van der Waals surface area (Å²) in [7, 11) is 0. The number of pyridine rings is 1. The Bertz CT molecular complexity index is 583. The van der Waals surface area contributed by atoms with E-state index in [0.29, 0.717) is 6.54 Å². The number of nitro groups is 1. The van der Waals surface area contributed by atoms with Crippen LogP contribution in [0, 0.1) is 17.0 Å². The molecule has 0 unspecified atom stereocenters. The molecule has 0 aromatic carbocycles. The Morgan fingerprint density at radius 2 is 2.33 bits per heavy atom. The summed E-state index contributed by atoms with van der Waals surface area (Å²) in [5.74, 6) is 0.412. The van der Waals surface area contributed by atoms with Crippen LogP contribution < -0.4 is 11.1 Å². The zero-order chi connectivity index (χ0) is 13.1. The summed E-state index contributed by atoms with van der Waals surface area (Å²) in [4.78, 5) is 19.3. The van der Waals surface area contributed by atoms with Gasteiger partial charge in [-0.25, -0.2) is 9.97 Å². The van der Waals surface area contributed by atoms with Gasteiger partial charge in [0.25, 0.3) is 0 Å². The molecule has 8 heteroatoms. The zero-order valence-electron chi connectivity index (χ0n) is 9.58. The van der Waals surface area contributed by atoms with Crippen molar-refractivity contribution in [3.05, 3.63) is 38.3 Å². The standard InChI is InChI=1S/C10H11N5O2S/c1-6-12-4-7(18-6)5-13-10-8(15(16)17)2-3-9(11)14-10/h2-4H,5H2,1H3,(H3,11,13,14). The first-order valence-electron chi connectivity index (χ1n) is 5.12. The summed E-state index contributed by atoms with van der Waals surface area (Å²) < 4.78 is 0. The topological polar surface area (TPSA) is 107 Å². The van der Waals surface area contributed by atoms with Crippen molar-refractivity contribution in [1.82, 2.24) is 9.97 Å². The largest absolute Gasteiger partial charge is 0.384 e. The molecule has 0 atom stereocenters. The van der Waals surface area contributed by atoms with E-state index in [1.165, 1.54) is 23.5 Å². The second kappa shape index (κ2) is 4.96. The molecular formula is C10H11N5O2S. The molecule has 0 fully saturated rings. The molecule has 0 spiro atoms. The van der Waals surface area contributed by atoms with E-state index in [0.717, 1.165) is 9.88 Å². The number of hydrogen-bond donors (Lipinski definition) is 2. The summed E-state index contributed by atoms with van der Waals surface area (Å²) in [5, 5.41) is 14.7. The van der Waals surface area contributed by atoms with Crippen molar-refractivity contribution in [2.45, 2.75) is 13.5 Å². The van der Waals surface area contributed by atoms with Crippen molar-refractivity contribution in [3.8, 4) is 0 Å². The summed E-state index contributed by atoms with van der Waals surface area (Å²) in [6, 6.07) is 2.74. The van der Waals surface area contributed by atoms with E-state index in [2.05, 4.69) is 15.3 Å². The Morgan fingerprint density at radius 3 is 2.94 bits per heavy atom. The SMILES string of the molecule is Cc1ncc(CNc2nc(N)ccc2[N+](=O)[O-])s1. The number of nitrogen functional groups attached to an aromatic ring is 1. The number of aromatic nitrogens is 2. The van der Waals surface area contributed by atoms with Gasteiger partial charge in [-0.3, -0.25) is 10.1 Å². The third-order valence-electron chi connectivity index (χ3n) is 2.19. The summed E-state index contributed by atoms with van der Waals surface area (Å²) >= 11 is 1.52. The highest BCUT2D eigenvalue weighted by Crippen LogP contribution is 2.24. The second-order valence-corrected chi connectivity index (χ2v) is 4.88. The fourth-order valence-corrected chi connectivity index (χ4v) is 2.14. The lowest BCUT2D eigenvalue weighted by Crippen LogP contribution is -2.05. The number of nitrogens with one attached hydrogen (secondary N) is 1. The van der Waals surface area contributed by atoms with Crippen molar-refractivity contribution in [2.75, 3.05) is 11.1 Å². The van der Waals surface area contributed by atoms with Gasteiger partial charge in [0.2, 0.25) is 5.82 Å². The van der Waals surface area contributed by atoms with Crippen LogP contribution in [0.1, 0.15) is 9.88 Å². The summed E-state index contributed by atoms with van der Waals surface area (Å²) in [5.41, 5.74) is 5.43. The third-order valence-corrected chi connectivity index (χ3v) is 3.10. The predicted octanol–water partition coefficient (Wildman–Crippen LogP) is 1.95. The van der Waals surface area contributed by atoms with Gasteiger partial charge in [-0.1, -0.05) is 0 Å². The van der Waals surface area contributed by atoms with Crippen LogP contribution in [0.15, 0.2) is 18.3 Å². The quantitative estimate of drug-likeness (QED) is 0.646. The average molecular weight is 265 g/mol. The minimum atomic E-state index is -0.493. The zero-order valence-corrected chi connectivity index (χ0v) is 10.4. The Balaban J connectivity index is 2.17. The van der Waals surface area contributed by atoms with Gasteiger partial charge in [0.15, 0.2) is 0 Å². The first-order valence-corrected chi connectivity index (χ1v) is 5.94. The Labute approximate surface area is 107 Å². The summed E-state index contributed by atoms with van der Waals surface area (Å²) in [6.45, 7) is 2.33. The number of aryl methyl sites for hydroxylation is 1. The molecule has 0 aliphatic rings. The van der Waals surface area contributed by atoms with Crippen LogP contribution in [0.4, 0.5) is 17.3 Å². The number of hydrogen-bond acceptors (Lipinski definition) is 7. The molecule has 0 saturated heterocycles. The lowest BCUT2D eigenvalue weighted by molar-refractivity contribution is -0.384. The second-order valence-electron chi connectivity index (χ2n) is 3.56. The third kappa shape index (κ3) is 2.72. The Morgan fingerprint density at radius 1 is 1.56 bits per heavy atom. The summed E-state index contributed by atoms with van der Waals surface area (Å²) in [6.07, 6.45) is 1.73. The van der Waals surface area contributed by atoms with Crippen LogP contribution in [0.25, 0.3) is 0 Å². The Kier molecular flexibility index (Phi) is 3.38. The van der Waals surface area contributed by atoms with E-state index in [1.54, 1.807) is 6.20 Å². The molecule has 0 saturated carbocycles. The number of thiazole rings is 1. The highest BCUT2D eigenvalue weighted by Gasteiger charge is 2.15. The van der Waals surface area contributed by atoms with Gasteiger partial charge in [-0.15, -0.1) is 11.3 Å². The van der Waals surface area contributed by atoms with E-state index in [4.69, 9.17) is 5.73 Å². The van der Waals surface area contributed by atoms with Crippen LogP contribution >= 0.6 is 11.3 Å². The van der Waals surface area contributed by atoms with Crippen LogP contribution in [0.2, 0.25) is 0 Å². The molecule has 0 amide bonds. The van der Waals surface area contributed by atoms with Crippen molar-refractivity contribution in [2.24, 2.45) is 0 Å². The monoisotopic (exact) mass is 265 g/mol. The lowest BCUT2D eigenvalue weighted by atomic mass is 10.3. The highest BCUT2D eigenvalue weighted by atomic mass is 32.1. The molecule has 0 bridgehead atoms. The maximum absolute atomic E-state index is 10.8. The van der Waals surface area contributed by atoms with Gasteiger partial charge >= 0.3 is 5.69 Å². The first kappa shape index (κ1) is 12.2.